The topological polar surface area (TPSA) is 107 Å². The first kappa shape index (κ1) is 15.4. The molecule has 0 aliphatic rings. The second-order valence-electron chi connectivity index (χ2n) is 4.40. The quantitative estimate of drug-likeness (QED) is 0.893. The predicted octanol–water partition coefficient (Wildman–Crippen LogP) is 0.828. The first-order valence-corrected chi connectivity index (χ1v) is 8.01. The van der Waals surface area contributed by atoms with Gasteiger partial charge in [0.15, 0.2) is 9.84 Å². The maximum absolute atomic E-state index is 12.1. The number of hydrogen-bond donors (Lipinski definition) is 1. The molecule has 0 saturated heterocycles. The molecule has 0 aliphatic heterocycles. The molecule has 1 aromatic heterocycles. The Kier molecular flexibility index (Phi) is 3.97. The SMILES string of the molecule is Cc1c(S(C)(=O)=O)ccc(C(=O)Nc2nnnn2C)c1Cl. The Balaban J connectivity index is 2.40. The van der Waals surface area contributed by atoms with E-state index in [0.717, 1.165) is 6.26 Å². The molecular weight excluding hydrogens is 318 g/mol. The maximum atomic E-state index is 12.1. The van der Waals surface area contributed by atoms with E-state index in [0.29, 0.717) is 5.56 Å². The van der Waals surface area contributed by atoms with Crippen LogP contribution in [0, 0.1) is 6.92 Å². The third kappa shape index (κ3) is 3.03. The Morgan fingerprint density at radius 3 is 2.57 bits per heavy atom. The molecule has 0 radical (unpaired) electrons. The summed E-state index contributed by atoms with van der Waals surface area (Å²) in [5.41, 5.74) is 0.465. The van der Waals surface area contributed by atoms with Crippen molar-refractivity contribution < 1.29 is 13.2 Å². The van der Waals surface area contributed by atoms with Crippen LogP contribution in [0.2, 0.25) is 5.02 Å². The summed E-state index contributed by atoms with van der Waals surface area (Å²) < 4.78 is 24.5. The van der Waals surface area contributed by atoms with Gasteiger partial charge in [0.1, 0.15) is 0 Å². The van der Waals surface area contributed by atoms with E-state index < -0.39 is 15.7 Å². The van der Waals surface area contributed by atoms with E-state index in [4.69, 9.17) is 11.6 Å². The average Bonchev–Trinajstić information content (AvgIpc) is 2.76. The molecule has 0 spiro atoms. The number of aromatic nitrogens is 4. The van der Waals surface area contributed by atoms with Crippen LogP contribution in [0.1, 0.15) is 15.9 Å². The van der Waals surface area contributed by atoms with E-state index in [1.54, 1.807) is 14.0 Å². The van der Waals surface area contributed by atoms with Crippen LogP contribution in [0.5, 0.6) is 0 Å². The Labute approximate surface area is 126 Å². The minimum absolute atomic E-state index is 0.0746. The highest BCUT2D eigenvalue weighted by Gasteiger charge is 2.20. The van der Waals surface area contributed by atoms with Crippen molar-refractivity contribution >= 4 is 33.3 Å². The summed E-state index contributed by atoms with van der Waals surface area (Å²) in [6.45, 7) is 1.54. The van der Waals surface area contributed by atoms with E-state index in [1.165, 1.54) is 16.8 Å². The van der Waals surface area contributed by atoms with E-state index in [2.05, 4.69) is 20.8 Å². The van der Waals surface area contributed by atoms with Gasteiger partial charge in [-0.2, -0.15) is 0 Å². The van der Waals surface area contributed by atoms with Crippen LogP contribution in [-0.2, 0) is 16.9 Å². The molecule has 0 unspecified atom stereocenters. The van der Waals surface area contributed by atoms with E-state index in [9.17, 15) is 13.2 Å². The molecule has 8 nitrogen and oxygen atoms in total. The lowest BCUT2D eigenvalue weighted by Gasteiger charge is -2.10. The predicted molar refractivity (Wildman–Crippen MR) is 76.1 cm³/mol. The van der Waals surface area contributed by atoms with Crippen molar-refractivity contribution in [3.05, 3.63) is 28.3 Å². The Bertz CT molecular complexity index is 815. The van der Waals surface area contributed by atoms with Gasteiger partial charge < -0.3 is 0 Å². The molecule has 0 bridgehead atoms. The van der Waals surface area contributed by atoms with Crippen molar-refractivity contribution in [2.45, 2.75) is 11.8 Å². The zero-order valence-corrected chi connectivity index (χ0v) is 13.0. The lowest BCUT2D eigenvalue weighted by molar-refractivity contribution is 0.102. The molecule has 0 atom stereocenters. The molecule has 1 heterocycles. The maximum Gasteiger partial charge on any atom is 0.259 e. The van der Waals surface area contributed by atoms with Gasteiger partial charge in [-0.05, 0) is 35.0 Å². The van der Waals surface area contributed by atoms with Crippen LogP contribution < -0.4 is 5.32 Å². The number of anilines is 1. The molecule has 1 amide bonds. The van der Waals surface area contributed by atoms with Gasteiger partial charge >= 0.3 is 0 Å². The van der Waals surface area contributed by atoms with Crippen LogP contribution in [0.15, 0.2) is 17.0 Å². The molecule has 1 aromatic carbocycles. The number of carbonyl (C=O) groups excluding carboxylic acids is 1. The highest BCUT2D eigenvalue weighted by atomic mass is 35.5. The highest BCUT2D eigenvalue weighted by molar-refractivity contribution is 7.90. The average molecular weight is 330 g/mol. The third-order valence-electron chi connectivity index (χ3n) is 2.83. The summed E-state index contributed by atoms with van der Waals surface area (Å²) in [7, 11) is -1.84. The van der Waals surface area contributed by atoms with Gasteiger partial charge in [0, 0.05) is 13.3 Å². The summed E-state index contributed by atoms with van der Waals surface area (Å²) in [5.74, 6) is -0.373. The first-order chi connectivity index (χ1) is 9.71. The summed E-state index contributed by atoms with van der Waals surface area (Å²) in [5, 5.41) is 13.2. The third-order valence-corrected chi connectivity index (χ3v) is 4.55. The van der Waals surface area contributed by atoms with Gasteiger partial charge in [0.2, 0.25) is 5.95 Å². The zero-order chi connectivity index (χ0) is 15.8. The molecule has 10 heteroatoms. The molecule has 2 aromatic rings. The lowest BCUT2D eigenvalue weighted by atomic mass is 10.1. The number of hydrogen-bond acceptors (Lipinski definition) is 6. The smallest absolute Gasteiger partial charge is 0.259 e. The Morgan fingerprint density at radius 2 is 2.05 bits per heavy atom. The van der Waals surface area contributed by atoms with Gasteiger partial charge in [-0.25, -0.2) is 13.1 Å². The number of benzene rings is 1. The van der Waals surface area contributed by atoms with Gasteiger partial charge in [-0.1, -0.05) is 16.7 Å². The van der Waals surface area contributed by atoms with Gasteiger partial charge in [0.25, 0.3) is 5.91 Å². The number of aryl methyl sites for hydroxylation is 1. The standard InChI is InChI=1S/C11H12ClN5O3S/c1-6-8(21(3,19)20)5-4-7(9(6)12)10(18)13-11-14-15-16-17(11)2/h4-5H,1-3H3,(H,13,14,16,18). The molecule has 112 valence electrons. The van der Waals surface area contributed by atoms with Crippen molar-refractivity contribution in [1.29, 1.82) is 0 Å². The van der Waals surface area contributed by atoms with Crippen molar-refractivity contribution in [3.8, 4) is 0 Å². The Morgan fingerprint density at radius 1 is 1.38 bits per heavy atom. The number of halogens is 1. The summed E-state index contributed by atoms with van der Waals surface area (Å²) in [4.78, 5) is 12.2. The van der Waals surface area contributed by atoms with Crippen molar-refractivity contribution in [3.63, 3.8) is 0 Å². The van der Waals surface area contributed by atoms with Crippen molar-refractivity contribution in [2.24, 2.45) is 7.05 Å². The molecule has 0 aliphatic carbocycles. The molecule has 21 heavy (non-hydrogen) atoms. The molecule has 0 fully saturated rings. The monoisotopic (exact) mass is 329 g/mol. The van der Waals surface area contributed by atoms with Crippen LogP contribution in [-0.4, -0.2) is 40.8 Å². The van der Waals surface area contributed by atoms with Crippen molar-refractivity contribution in [2.75, 3.05) is 11.6 Å². The number of carbonyl (C=O) groups is 1. The number of tetrazole rings is 1. The molecule has 1 N–H and O–H groups in total. The second kappa shape index (κ2) is 5.41. The van der Waals surface area contributed by atoms with Crippen LogP contribution in [0.3, 0.4) is 0 Å². The normalized spacial score (nSPS) is 11.4. The minimum atomic E-state index is -3.41. The van der Waals surface area contributed by atoms with E-state index in [-0.39, 0.29) is 21.4 Å². The van der Waals surface area contributed by atoms with Gasteiger partial charge in [0.05, 0.1) is 15.5 Å². The highest BCUT2D eigenvalue weighted by Crippen LogP contribution is 2.27. The number of nitrogens with zero attached hydrogens (tertiary/aromatic N) is 4. The van der Waals surface area contributed by atoms with Crippen LogP contribution in [0.4, 0.5) is 5.95 Å². The second-order valence-corrected chi connectivity index (χ2v) is 6.76. The number of nitrogens with one attached hydrogen (secondary N) is 1. The fourth-order valence-electron chi connectivity index (χ4n) is 1.75. The van der Waals surface area contributed by atoms with Crippen molar-refractivity contribution in [1.82, 2.24) is 20.2 Å². The molecule has 2 rings (SSSR count). The van der Waals surface area contributed by atoms with Gasteiger partial charge in [-0.15, -0.1) is 0 Å². The number of sulfone groups is 1. The molecular formula is C11H12ClN5O3S. The Hall–Kier alpha value is -2.00. The minimum Gasteiger partial charge on any atom is -0.289 e. The van der Waals surface area contributed by atoms with Crippen LogP contribution in [0.25, 0.3) is 0 Å². The summed E-state index contributed by atoms with van der Waals surface area (Å²) in [6, 6.07) is 2.70. The lowest BCUT2D eigenvalue weighted by Crippen LogP contribution is -2.16. The number of rotatable bonds is 3. The fourth-order valence-corrected chi connectivity index (χ4v) is 3.03. The zero-order valence-electron chi connectivity index (χ0n) is 11.5. The summed E-state index contributed by atoms with van der Waals surface area (Å²) >= 11 is 6.10. The summed E-state index contributed by atoms with van der Waals surface area (Å²) in [6.07, 6.45) is 1.08. The fraction of sp³-hybridized carbons (Fsp3) is 0.273. The largest absolute Gasteiger partial charge is 0.289 e. The first-order valence-electron chi connectivity index (χ1n) is 5.74. The van der Waals surface area contributed by atoms with Gasteiger partial charge in [-0.3, -0.25) is 10.1 Å². The van der Waals surface area contributed by atoms with E-state index >= 15 is 0 Å². The van der Waals surface area contributed by atoms with Crippen LogP contribution >= 0.6 is 11.6 Å². The van der Waals surface area contributed by atoms with E-state index in [1.807, 2.05) is 0 Å². The number of amides is 1. The molecule has 0 saturated carbocycles.